The average Bonchev–Trinajstić information content (AvgIpc) is 3.13. The molecule has 1 unspecified atom stereocenters. The molecule has 1 atom stereocenters. The lowest BCUT2D eigenvalue weighted by atomic mass is 9.97. The Morgan fingerprint density at radius 3 is 2.40 bits per heavy atom. The fraction of sp³-hybridized carbons (Fsp3) is 0.267. The first-order valence-electron chi connectivity index (χ1n) is 12.1. The number of unbranched alkanes of at least 4 members (excludes halogenated alkanes) is 1. The van der Waals surface area contributed by atoms with Crippen LogP contribution < -0.4 is 15.1 Å². The molecule has 3 aromatic carbocycles. The largest absolute Gasteiger partial charge is 0.494 e. The van der Waals surface area contributed by atoms with Gasteiger partial charge in [-0.05, 0) is 85.8 Å². The molecule has 1 aromatic heterocycles. The fourth-order valence-corrected chi connectivity index (χ4v) is 4.67. The van der Waals surface area contributed by atoms with Crippen molar-refractivity contribution >= 4 is 22.6 Å². The summed E-state index contributed by atoms with van der Waals surface area (Å²) >= 11 is 0. The van der Waals surface area contributed by atoms with Crippen LogP contribution >= 0.6 is 0 Å². The van der Waals surface area contributed by atoms with E-state index in [1.54, 1.807) is 4.90 Å². The van der Waals surface area contributed by atoms with Gasteiger partial charge in [-0.15, -0.1) is 0 Å². The standard InChI is InChI=1S/C30H29NO4/c1-5-6-14-34-23-12-10-21(11-13-23)27-26-28(32)24-16-19(3)20(4)17-25(24)35-29(26)30(33)31(27)22-9-7-8-18(2)15-22/h7-13,15-17,27H,5-6,14H2,1-4H3. The van der Waals surface area contributed by atoms with Gasteiger partial charge < -0.3 is 9.15 Å². The van der Waals surface area contributed by atoms with Crippen molar-refractivity contribution in [2.75, 3.05) is 11.5 Å². The molecule has 178 valence electrons. The molecule has 1 aliphatic rings. The van der Waals surface area contributed by atoms with Crippen molar-refractivity contribution in [2.24, 2.45) is 0 Å². The maximum Gasteiger partial charge on any atom is 0.295 e. The van der Waals surface area contributed by atoms with E-state index < -0.39 is 6.04 Å². The first kappa shape index (κ1) is 22.9. The van der Waals surface area contributed by atoms with Crippen LogP contribution in [0.1, 0.15) is 64.2 Å². The highest BCUT2D eigenvalue weighted by atomic mass is 16.5. The minimum absolute atomic E-state index is 0.112. The zero-order valence-corrected chi connectivity index (χ0v) is 20.6. The first-order valence-corrected chi connectivity index (χ1v) is 12.1. The van der Waals surface area contributed by atoms with Crippen molar-refractivity contribution in [2.45, 2.75) is 46.6 Å². The molecule has 0 saturated heterocycles. The monoisotopic (exact) mass is 467 g/mol. The van der Waals surface area contributed by atoms with Crippen LogP contribution in [0.2, 0.25) is 0 Å². The Kier molecular flexibility index (Phi) is 5.93. The van der Waals surface area contributed by atoms with Gasteiger partial charge in [0.15, 0.2) is 5.43 Å². The normalized spacial score (nSPS) is 15.0. The Labute approximate surface area is 205 Å². The quantitative estimate of drug-likeness (QED) is 0.298. The summed E-state index contributed by atoms with van der Waals surface area (Å²) in [5.41, 5.74) is 5.26. The Morgan fingerprint density at radius 2 is 1.69 bits per heavy atom. The zero-order chi connectivity index (χ0) is 24.7. The van der Waals surface area contributed by atoms with E-state index in [0.717, 1.165) is 46.5 Å². The van der Waals surface area contributed by atoms with Gasteiger partial charge >= 0.3 is 0 Å². The highest BCUT2D eigenvalue weighted by molar-refractivity contribution is 6.10. The number of amides is 1. The van der Waals surface area contributed by atoms with Gasteiger partial charge in [0.1, 0.15) is 11.3 Å². The maximum atomic E-state index is 13.8. The Morgan fingerprint density at radius 1 is 0.943 bits per heavy atom. The molecule has 1 amide bonds. The van der Waals surface area contributed by atoms with E-state index in [0.29, 0.717) is 23.1 Å². The smallest absolute Gasteiger partial charge is 0.295 e. The van der Waals surface area contributed by atoms with Gasteiger partial charge in [0, 0.05) is 5.69 Å². The van der Waals surface area contributed by atoms with E-state index in [4.69, 9.17) is 9.15 Å². The zero-order valence-electron chi connectivity index (χ0n) is 20.6. The summed E-state index contributed by atoms with van der Waals surface area (Å²) in [5, 5.41) is 0.496. The van der Waals surface area contributed by atoms with Gasteiger partial charge in [-0.2, -0.15) is 0 Å². The molecule has 0 radical (unpaired) electrons. The summed E-state index contributed by atoms with van der Waals surface area (Å²) in [4.78, 5) is 29.3. The molecule has 5 nitrogen and oxygen atoms in total. The van der Waals surface area contributed by atoms with E-state index in [9.17, 15) is 9.59 Å². The molecule has 5 heteroatoms. The van der Waals surface area contributed by atoms with E-state index in [1.807, 2.05) is 81.4 Å². The van der Waals surface area contributed by atoms with Crippen molar-refractivity contribution in [3.63, 3.8) is 0 Å². The second-order valence-electron chi connectivity index (χ2n) is 9.29. The van der Waals surface area contributed by atoms with Crippen LogP contribution in [-0.4, -0.2) is 12.5 Å². The average molecular weight is 468 g/mol. The van der Waals surface area contributed by atoms with Crippen molar-refractivity contribution in [1.29, 1.82) is 0 Å². The SMILES string of the molecule is CCCCOc1ccc(C2c3c(oc4cc(C)c(C)cc4c3=O)C(=O)N2c2cccc(C)c2)cc1. The minimum atomic E-state index is -0.591. The number of carbonyl (C=O) groups excluding carboxylic acids is 1. The van der Waals surface area contributed by atoms with Gasteiger partial charge in [0.25, 0.3) is 5.91 Å². The molecule has 0 spiro atoms. The van der Waals surface area contributed by atoms with Gasteiger partial charge in [0.05, 0.1) is 23.6 Å². The minimum Gasteiger partial charge on any atom is -0.494 e. The summed E-state index contributed by atoms with van der Waals surface area (Å²) in [5.74, 6) is 0.571. The number of hydrogen-bond acceptors (Lipinski definition) is 4. The summed E-state index contributed by atoms with van der Waals surface area (Å²) in [6.45, 7) is 8.71. The fourth-order valence-electron chi connectivity index (χ4n) is 4.67. The van der Waals surface area contributed by atoms with E-state index in [2.05, 4.69) is 6.92 Å². The predicted molar refractivity (Wildman–Crippen MR) is 139 cm³/mol. The number of aryl methyl sites for hydroxylation is 3. The van der Waals surface area contributed by atoms with Crippen molar-refractivity contribution in [1.82, 2.24) is 0 Å². The Balaban J connectivity index is 1.69. The molecule has 0 aliphatic carbocycles. The van der Waals surface area contributed by atoms with Crippen LogP contribution in [-0.2, 0) is 0 Å². The number of nitrogens with zero attached hydrogens (tertiary/aromatic N) is 1. The Hall–Kier alpha value is -3.86. The van der Waals surface area contributed by atoms with Gasteiger partial charge in [-0.25, -0.2) is 0 Å². The molecule has 0 fully saturated rings. The van der Waals surface area contributed by atoms with E-state index in [-0.39, 0.29) is 17.1 Å². The molecular formula is C30H29NO4. The van der Waals surface area contributed by atoms with Crippen molar-refractivity contribution in [3.8, 4) is 5.75 Å². The lowest BCUT2D eigenvalue weighted by Crippen LogP contribution is -2.29. The van der Waals surface area contributed by atoms with Gasteiger partial charge in [0.2, 0.25) is 5.76 Å². The summed E-state index contributed by atoms with van der Waals surface area (Å²) in [6, 6.07) is 18.5. The third kappa shape index (κ3) is 4.01. The molecular weight excluding hydrogens is 438 g/mol. The number of carbonyl (C=O) groups is 1. The summed E-state index contributed by atoms with van der Waals surface area (Å²) < 4.78 is 12.0. The summed E-state index contributed by atoms with van der Waals surface area (Å²) in [7, 11) is 0. The van der Waals surface area contributed by atoms with Crippen molar-refractivity contribution in [3.05, 3.63) is 104 Å². The van der Waals surface area contributed by atoms with E-state index in [1.165, 1.54) is 0 Å². The van der Waals surface area contributed by atoms with Crippen LogP contribution in [0.25, 0.3) is 11.0 Å². The molecule has 0 bridgehead atoms. The van der Waals surface area contributed by atoms with Crippen LogP contribution in [0.5, 0.6) is 5.75 Å². The number of anilines is 1. The number of benzene rings is 3. The first-order chi connectivity index (χ1) is 16.9. The van der Waals surface area contributed by atoms with E-state index >= 15 is 0 Å². The number of hydrogen-bond donors (Lipinski definition) is 0. The lowest BCUT2D eigenvalue weighted by molar-refractivity contribution is 0.0971. The van der Waals surface area contributed by atoms with Gasteiger partial charge in [-0.3, -0.25) is 14.5 Å². The third-order valence-electron chi connectivity index (χ3n) is 6.73. The predicted octanol–water partition coefficient (Wildman–Crippen LogP) is 6.65. The molecule has 35 heavy (non-hydrogen) atoms. The maximum absolute atomic E-state index is 13.8. The lowest BCUT2D eigenvalue weighted by Gasteiger charge is -2.25. The van der Waals surface area contributed by atoms with Crippen LogP contribution in [0.3, 0.4) is 0 Å². The van der Waals surface area contributed by atoms with Crippen LogP contribution in [0.15, 0.2) is 69.9 Å². The highest BCUT2D eigenvalue weighted by Crippen LogP contribution is 2.41. The van der Waals surface area contributed by atoms with Crippen molar-refractivity contribution < 1.29 is 13.9 Å². The molecule has 4 aromatic rings. The molecule has 2 heterocycles. The highest BCUT2D eigenvalue weighted by Gasteiger charge is 2.43. The molecule has 5 rings (SSSR count). The summed E-state index contributed by atoms with van der Waals surface area (Å²) in [6.07, 6.45) is 2.05. The van der Waals surface area contributed by atoms with Crippen LogP contribution in [0, 0.1) is 20.8 Å². The van der Waals surface area contributed by atoms with Crippen LogP contribution in [0.4, 0.5) is 5.69 Å². The number of fused-ring (bicyclic) bond motifs is 2. The molecule has 1 aliphatic heterocycles. The number of rotatable bonds is 6. The van der Waals surface area contributed by atoms with Gasteiger partial charge in [-0.1, -0.05) is 37.6 Å². The number of ether oxygens (including phenoxy) is 1. The molecule has 0 saturated carbocycles. The Bertz CT molecular complexity index is 1480. The third-order valence-corrected chi connectivity index (χ3v) is 6.73. The second-order valence-corrected chi connectivity index (χ2v) is 9.29. The molecule has 0 N–H and O–H groups in total. The topological polar surface area (TPSA) is 59.8 Å². The second kappa shape index (κ2) is 9.06.